The zero-order valence-electron chi connectivity index (χ0n) is 14.7. The fourth-order valence-corrected chi connectivity index (χ4v) is 2.07. The Morgan fingerprint density at radius 2 is 1.77 bits per heavy atom. The molecule has 22 heavy (non-hydrogen) atoms. The predicted molar refractivity (Wildman–Crippen MR) is 87.3 cm³/mol. The van der Waals surface area contributed by atoms with Gasteiger partial charge in [0.2, 0.25) is 0 Å². The van der Waals surface area contributed by atoms with E-state index < -0.39 is 0 Å². The Kier molecular flexibility index (Phi) is 7.90. The highest BCUT2D eigenvalue weighted by atomic mass is 16.5. The standard InChI is InChI=1S/C17H31NO4/c1-13(2)6-8-20-10-11-21-9-7-17(4,5)12-15-14(3)16(19)18-22-15/h13H,6-12H2,1-5H3,(H,18,19). The molecule has 1 aromatic rings. The van der Waals surface area contributed by atoms with Crippen LogP contribution in [-0.2, 0) is 15.9 Å². The van der Waals surface area contributed by atoms with Crippen LogP contribution in [0.15, 0.2) is 9.32 Å². The topological polar surface area (TPSA) is 64.5 Å². The van der Waals surface area contributed by atoms with Crippen LogP contribution in [0, 0.1) is 18.3 Å². The van der Waals surface area contributed by atoms with E-state index in [1.54, 1.807) is 6.92 Å². The van der Waals surface area contributed by atoms with Gasteiger partial charge in [0.05, 0.1) is 18.8 Å². The quantitative estimate of drug-likeness (QED) is 0.637. The lowest BCUT2D eigenvalue weighted by Crippen LogP contribution is -2.19. The number of nitrogens with one attached hydrogen (secondary N) is 1. The summed E-state index contributed by atoms with van der Waals surface area (Å²) in [6.07, 6.45) is 2.73. The van der Waals surface area contributed by atoms with E-state index >= 15 is 0 Å². The molecule has 0 atom stereocenters. The molecule has 5 nitrogen and oxygen atoms in total. The third kappa shape index (κ3) is 7.27. The molecule has 128 valence electrons. The van der Waals surface area contributed by atoms with E-state index in [1.165, 1.54) is 0 Å². The summed E-state index contributed by atoms with van der Waals surface area (Å²) < 4.78 is 16.4. The van der Waals surface area contributed by atoms with Crippen LogP contribution in [0.1, 0.15) is 51.9 Å². The van der Waals surface area contributed by atoms with Crippen LogP contribution in [0.3, 0.4) is 0 Å². The van der Waals surface area contributed by atoms with E-state index in [4.69, 9.17) is 14.0 Å². The Bertz CT molecular complexity index is 473. The molecule has 5 heteroatoms. The van der Waals surface area contributed by atoms with Gasteiger partial charge < -0.3 is 14.0 Å². The van der Waals surface area contributed by atoms with Crippen LogP contribution in [-0.4, -0.2) is 31.6 Å². The average Bonchev–Trinajstić information content (AvgIpc) is 2.73. The van der Waals surface area contributed by atoms with Gasteiger partial charge in [0, 0.05) is 19.6 Å². The van der Waals surface area contributed by atoms with E-state index in [0.29, 0.717) is 31.3 Å². The Morgan fingerprint density at radius 1 is 1.14 bits per heavy atom. The molecule has 1 aromatic heterocycles. The first kappa shape index (κ1) is 19.0. The SMILES string of the molecule is Cc1c(CC(C)(C)CCOCCOCCC(C)C)o[nH]c1=O. The predicted octanol–water partition coefficient (Wildman–Crippen LogP) is 3.31. The molecule has 1 N–H and O–H groups in total. The van der Waals surface area contributed by atoms with Crippen LogP contribution in [0.25, 0.3) is 0 Å². The summed E-state index contributed by atoms with van der Waals surface area (Å²) in [5.74, 6) is 1.42. The molecule has 0 fully saturated rings. The first-order valence-corrected chi connectivity index (χ1v) is 8.14. The van der Waals surface area contributed by atoms with Crippen LogP contribution < -0.4 is 5.56 Å². The first-order chi connectivity index (χ1) is 10.3. The second-order valence-electron chi connectivity index (χ2n) is 7.08. The maximum atomic E-state index is 11.4. The van der Waals surface area contributed by atoms with Gasteiger partial charge in [-0.05, 0) is 31.1 Å². The highest BCUT2D eigenvalue weighted by molar-refractivity contribution is 5.12. The van der Waals surface area contributed by atoms with Crippen LogP contribution in [0.5, 0.6) is 0 Å². The van der Waals surface area contributed by atoms with E-state index in [2.05, 4.69) is 32.9 Å². The van der Waals surface area contributed by atoms with Crippen LogP contribution >= 0.6 is 0 Å². The highest BCUT2D eigenvalue weighted by Gasteiger charge is 2.22. The van der Waals surface area contributed by atoms with Crippen molar-refractivity contribution in [2.75, 3.05) is 26.4 Å². The van der Waals surface area contributed by atoms with Crippen LogP contribution in [0.2, 0.25) is 0 Å². The Labute approximate surface area is 133 Å². The second-order valence-corrected chi connectivity index (χ2v) is 7.08. The smallest absolute Gasteiger partial charge is 0.283 e. The maximum Gasteiger partial charge on any atom is 0.283 e. The van der Waals surface area contributed by atoms with E-state index in [9.17, 15) is 4.79 Å². The molecule has 0 saturated carbocycles. The van der Waals surface area contributed by atoms with Crippen molar-refractivity contribution < 1.29 is 14.0 Å². The summed E-state index contributed by atoms with van der Waals surface area (Å²) in [6, 6.07) is 0. The molecule has 0 amide bonds. The number of rotatable bonds is 11. The molecule has 1 rings (SSSR count). The Hall–Kier alpha value is -1.07. The molecule has 1 heterocycles. The normalized spacial score (nSPS) is 12.3. The van der Waals surface area contributed by atoms with Gasteiger partial charge in [-0.3, -0.25) is 4.79 Å². The average molecular weight is 313 g/mol. The molecule has 0 spiro atoms. The molecule has 0 saturated heterocycles. The van der Waals surface area contributed by atoms with Gasteiger partial charge in [-0.2, -0.15) is 5.16 Å². The van der Waals surface area contributed by atoms with Crippen molar-refractivity contribution in [1.82, 2.24) is 5.16 Å². The van der Waals surface area contributed by atoms with Crippen molar-refractivity contribution >= 4 is 0 Å². The lowest BCUT2D eigenvalue weighted by molar-refractivity contribution is 0.0337. The molecule has 0 bridgehead atoms. The van der Waals surface area contributed by atoms with Gasteiger partial charge in [-0.1, -0.05) is 27.7 Å². The molecule has 0 aliphatic heterocycles. The summed E-state index contributed by atoms with van der Waals surface area (Å²) in [5.41, 5.74) is 0.564. The fraction of sp³-hybridized carbons (Fsp3) is 0.824. The van der Waals surface area contributed by atoms with Gasteiger partial charge in [-0.15, -0.1) is 0 Å². The Morgan fingerprint density at radius 3 is 2.32 bits per heavy atom. The molecular weight excluding hydrogens is 282 g/mol. The number of aromatic amines is 1. The lowest BCUT2D eigenvalue weighted by Gasteiger charge is -2.23. The number of hydrogen-bond donors (Lipinski definition) is 1. The number of ether oxygens (including phenoxy) is 2. The van der Waals surface area contributed by atoms with Gasteiger partial charge in [0.25, 0.3) is 5.56 Å². The molecule has 0 aliphatic carbocycles. The zero-order valence-corrected chi connectivity index (χ0v) is 14.7. The van der Waals surface area contributed by atoms with E-state index in [-0.39, 0.29) is 11.0 Å². The fourth-order valence-electron chi connectivity index (χ4n) is 2.07. The van der Waals surface area contributed by atoms with Crippen molar-refractivity contribution in [3.8, 4) is 0 Å². The Balaban J connectivity index is 2.15. The minimum absolute atomic E-state index is 0.0292. The van der Waals surface area contributed by atoms with Crippen molar-refractivity contribution in [2.45, 2.75) is 53.9 Å². The van der Waals surface area contributed by atoms with Crippen LogP contribution in [0.4, 0.5) is 0 Å². The summed E-state index contributed by atoms with van der Waals surface area (Å²) in [5, 5.41) is 2.38. The number of aromatic nitrogens is 1. The number of H-pyrrole nitrogens is 1. The van der Waals surface area contributed by atoms with Crippen molar-refractivity contribution in [3.05, 3.63) is 21.7 Å². The molecule has 0 aliphatic rings. The van der Waals surface area contributed by atoms with Gasteiger partial charge >= 0.3 is 0 Å². The van der Waals surface area contributed by atoms with Gasteiger partial charge in [0.1, 0.15) is 5.76 Å². The van der Waals surface area contributed by atoms with Crippen molar-refractivity contribution in [2.24, 2.45) is 11.3 Å². The zero-order chi connectivity index (χ0) is 16.6. The summed E-state index contributed by atoms with van der Waals surface area (Å²) in [4.78, 5) is 11.4. The molecular formula is C17H31NO4. The molecule has 0 aromatic carbocycles. The summed E-state index contributed by atoms with van der Waals surface area (Å²) in [7, 11) is 0. The highest BCUT2D eigenvalue weighted by Crippen LogP contribution is 2.26. The maximum absolute atomic E-state index is 11.4. The van der Waals surface area contributed by atoms with Gasteiger partial charge in [-0.25, -0.2) is 0 Å². The second kappa shape index (κ2) is 9.16. The number of hydrogen-bond acceptors (Lipinski definition) is 4. The lowest BCUT2D eigenvalue weighted by atomic mass is 9.84. The molecule has 0 unspecified atom stereocenters. The molecule has 0 radical (unpaired) electrons. The van der Waals surface area contributed by atoms with Crippen molar-refractivity contribution in [3.63, 3.8) is 0 Å². The van der Waals surface area contributed by atoms with E-state index in [1.807, 2.05) is 0 Å². The van der Waals surface area contributed by atoms with Gasteiger partial charge in [0.15, 0.2) is 0 Å². The third-order valence-electron chi connectivity index (χ3n) is 3.80. The largest absolute Gasteiger partial charge is 0.383 e. The van der Waals surface area contributed by atoms with Crippen molar-refractivity contribution in [1.29, 1.82) is 0 Å². The third-order valence-corrected chi connectivity index (χ3v) is 3.80. The minimum Gasteiger partial charge on any atom is -0.383 e. The monoisotopic (exact) mass is 313 g/mol. The summed E-state index contributed by atoms with van der Waals surface area (Å²) >= 11 is 0. The summed E-state index contributed by atoms with van der Waals surface area (Å²) in [6.45, 7) is 13.3. The first-order valence-electron chi connectivity index (χ1n) is 8.14. The minimum atomic E-state index is -0.138. The van der Waals surface area contributed by atoms with E-state index in [0.717, 1.165) is 31.6 Å².